The Morgan fingerprint density at radius 2 is 1.26 bits per heavy atom. The summed E-state index contributed by atoms with van der Waals surface area (Å²) < 4.78 is 16.0. The van der Waals surface area contributed by atoms with Crippen LogP contribution in [0.2, 0.25) is 0 Å². The topological polar surface area (TPSA) is 207 Å². The van der Waals surface area contributed by atoms with Gasteiger partial charge in [-0.2, -0.15) is 0 Å². The van der Waals surface area contributed by atoms with E-state index < -0.39 is 6.04 Å². The third-order valence-corrected chi connectivity index (χ3v) is 4.26. The maximum absolute atomic E-state index is 12.4. The number of nitrogens with two attached hydrogens (primary N) is 4. The van der Waals surface area contributed by atoms with Gasteiger partial charge in [-0.25, -0.2) is 0 Å². The lowest BCUT2D eigenvalue weighted by molar-refractivity contribution is -0.129. The predicted octanol–water partition coefficient (Wildman–Crippen LogP) is -1.26. The van der Waals surface area contributed by atoms with Crippen LogP contribution in [0.15, 0.2) is 0 Å². The van der Waals surface area contributed by atoms with Gasteiger partial charge in [0.2, 0.25) is 17.7 Å². The minimum Gasteiger partial charge on any atom is -0.378 e. The summed E-state index contributed by atoms with van der Waals surface area (Å²) in [6, 6.07) is -0.546. The van der Waals surface area contributed by atoms with Gasteiger partial charge in [-0.1, -0.05) is 6.42 Å². The summed E-state index contributed by atoms with van der Waals surface area (Å²) in [5.41, 5.74) is 20.8. The van der Waals surface area contributed by atoms with Crippen LogP contribution in [0.25, 0.3) is 0 Å². The minimum absolute atomic E-state index is 0.108. The van der Waals surface area contributed by atoms with Gasteiger partial charge in [0.1, 0.15) is 6.04 Å². The molecule has 0 radical (unpaired) electrons. The summed E-state index contributed by atoms with van der Waals surface area (Å²) in [6.07, 6.45) is 5.16. The summed E-state index contributed by atoms with van der Waals surface area (Å²) in [7, 11) is 0. The zero-order valence-electron chi connectivity index (χ0n) is 20.9. The Bertz CT molecular complexity index is 495. The molecule has 10 N–H and O–H groups in total. The summed E-state index contributed by atoms with van der Waals surface area (Å²) in [5.74, 6) is -0.636. The monoisotopic (exact) mass is 492 g/mol. The zero-order chi connectivity index (χ0) is 25.9. The average molecular weight is 493 g/mol. The van der Waals surface area contributed by atoms with Gasteiger partial charge in [0.05, 0.1) is 39.6 Å². The van der Waals surface area contributed by atoms with E-state index in [9.17, 15) is 14.4 Å². The highest BCUT2D eigenvalue weighted by molar-refractivity contribution is 5.87. The number of carbonyl (C=O) groups excluding carboxylic acids is 3. The fourth-order valence-electron chi connectivity index (χ4n) is 2.63. The van der Waals surface area contributed by atoms with Gasteiger partial charge >= 0.3 is 0 Å². The van der Waals surface area contributed by atoms with Crippen LogP contribution in [0.4, 0.5) is 0 Å². The quantitative estimate of drug-likeness (QED) is 0.0995. The van der Waals surface area contributed by atoms with Crippen molar-refractivity contribution < 1.29 is 28.6 Å². The van der Waals surface area contributed by atoms with E-state index in [2.05, 4.69) is 16.4 Å². The molecule has 202 valence electrons. The lowest BCUT2D eigenvalue weighted by Gasteiger charge is -2.18. The Morgan fingerprint density at radius 3 is 1.82 bits per heavy atom. The van der Waals surface area contributed by atoms with Crippen molar-refractivity contribution in [2.45, 2.75) is 57.9 Å². The summed E-state index contributed by atoms with van der Waals surface area (Å²) >= 11 is 0. The number of amides is 3. The maximum Gasteiger partial charge on any atom is 0.242 e. The fraction of sp³-hybridized carbons (Fsp3) is 0.864. The van der Waals surface area contributed by atoms with Crippen LogP contribution < -0.4 is 33.6 Å². The van der Waals surface area contributed by atoms with E-state index in [4.69, 9.17) is 31.4 Å². The first-order valence-corrected chi connectivity index (χ1v) is 12.1. The van der Waals surface area contributed by atoms with Gasteiger partial charge in [0, 0.05) is 26.4 Å². The molecule has 0 aliphatic heterocycles. The van der Waals surface area contributed by atoms with Crippen LogP contribution in [-0.2, 0) is 28.6 Å². The molecule has 12 heteroatoms. The van der Waals surface area contributed by atoms with Crippen LogP contribution in [0.3, 0.4) is 0 Å². The van der Waals surface area contributed by atoms with E-state index in [1.807, 2.05) is 0 Å². The zero-order valence-corrected chi connectivity index (χ0v) is 20.9. The van der Waals surface area contributed by atoms with Gasteiger partial charge in [-0.15, -0.1) is 0 Å². The van der Waals surface area contributed by atoms with Gasteiger partial charge in [0.15, 0.2) is 0 Å². The normalized spacial score (nSPS) is 11.3. The van der Waals surface area contributed by atoms with Crippen molar-refractivity contribution >= 4 is 17.7 Å². The lowest BCUT2D eigenvalue weighted by Crippen LogP contribution is -2.47. The number of hydrogen-bond acceptors (Lipinski definition) is 9. The largest absolute Gasteiger partial charge is 0.378 e. The van der Waals surface area contributed by atoms with Crippen LogP contribution in [0, 0.1) is 0 Å². The number of rotatable bonds is 22. The van der Waals surface area contributed by atoms with E-state index in [-0.39, 0.29) is 17.7 Å². The highest BCUT2D eigenvalue weighted by Gasteiger charge is 2.19. The Balaban J connectivity index is 0. The molecule has 0 saturated heterocycles. The molecule has 0 heterocycles. The van der Waals surface area contributed by atoms with Crippen LogP contribution in [0.5, 0.6) is 0 Å². The van der Waals surface area contributed by atoms with Crippen molar-refractivity contribution in [2.75, 3.05) is 65.8 Å². The van der Waals surface area contributed by atoms with E-state index in [1.165, 1.54) is 6.92 Å². The average Bonchev–Trinajstić information content (AvgIpc) is 2.79. The fourth-order valence-corrected chi connectivity index (χ4v) is 2.63. The lowest BCUT2D eigenvalue weighted by atomic mass is 10.1. The number of primary amides is 1. The highest BCUT2D eigenvalue weighted by atomic mass is 16.5. The SMILES string of the molecule is CC(N)=O.NCCCCCC(=O)N[C@@H](CCCCN)C(=O)NCCOCCOCCOCCN. The molecule has 0 aliphatic rings. The van der Waals surface area contributed by atoms with E-state index in [1.54, 1.807) is 0 Å². The molecule has 34 heavy (non-hydrogen) atoms. The summed E-state index contributed by atoms with van der Waals surface area (Å²) in [5, 5.41) is 5.66. The predicted molar refractivity (Wildman–Crippen MR) is 132 cm³/mol. The first-order chi connectivity index (χ1) is 16.4. The molecule has 0 fully saturated rings. The third kappa shape index (κ3) is 28.2. The molecule has 0 aromatic carbocycles. The van der Waals surface area contributed by atoms with Gasteiger partial charge < -0.3 is 47.8 Å². The smallest absolute Gasteiger partial charge is 0.242 e. The van der Waals surface area contributed by atoms with Crippen molar-refractivity contribution in [1.82, 2.24) is 10.6 Å². The Hall–Kier alpha value is -1.83. The number of nitrogens with one attached hydrogen (secondary N) is 2. The van der Waals surface area contributed by atoms with Crippen LogP contribution >= 0.6 is 0 Å². The number of hydrogen-bond donors (Lipinski definition) is 6. The summed E-state index contributed by atoms with van der Waals surface area (Å²) in [4.78, 5) is 33.8. The van der Waals surface area contributed by atoms with Crippen molar-refractivity contribution in [3.8, 4) is 0 Å². The van der Waals surface area contributed by atoms with E-state index in [0.717, 1.165) is 32.1 Å². The van der Waals surface area contributed by atoms with Crippen molar-refractivity contribution in [2.24, 2.45) is 22.9 Å². The molecule has 0 bridgehead atoms. The van der Waals surface area contributed by atoms with Gasteiger partial charge in [0.25, 0.3) is 0 Å². The third-order valence-electron chi connectivity index (χ3n) is 4.26. The summed E-state index contributed by atoms with van der Waals surface area (Å²) in [6.45, 7) is 6.18. The molecule has 3 amide bonds. The van der Waals surface area contributed by atoms with Crippen LogP contribution in [-0.4, -0.2) is 89.6 Å². The first-order valence-electron chi connectivity index (χ1n) is 12.1. The molecular formula is C22H48N6O6. The highest BCUT2D eigenvalue weighted by Crippen LogP contribution is 2.04. The Morgan fingerprint density at radius 1 is 0.735 bits per heavy atom. The first kappa shape index (κ1) is 34.3. The second kappa shape index (κ2) is 27.4. The second-order valence-electron chi connectivity index (χ2n) is 7.53. The Labute approximate surface area is 204 Å². The molecule has 0 rings (SSSR count). The van der Waals surface area contributed by atoms with Crippen molar-refractivity contribution in [3.63, 3.8) is 0 Å². The maximum atomic E-state index is 12.4. The van der Waals surface area contributed by atoms with Crippen molar-refractivity contribution in [3.05, 3.63) is 0 Å². The van der Waals surface area contributed by atoms with Crippen molar-refractivity contribution in [1.29, 1.82) is 0 Å². The molecule has 0 spiro atoms. The molecule has 0 aromatic rings. The molecule has 0 aromatic heterocycles. The van der Waals surface area contributed by atoms with Gasteiger partial charge in [-0.3, -0.25) is 14.4 Å². The molecule has 0 saturated carbocycles. The standard InChI is InChI=1S/C20H43N5O5.C2H5NO/c21-8-4-1-2-7-19(26)25-18(6-3-5-9-22)20(27)24-11-13-29-15-17-30-16-14-28-12-10-23;1-2(3)4/h18H,1-17,21-23H2,(H,24,27)(H,25,26);1H3,(H2,3,4)/t18-;/m0./s1. The number of ether oxygens (including phenoxy) is 3. The molecule has 1 atom stereocenters. The molecule has 0 aliphatic carbocycles. The number of carbonyl (C=O) groups is 3. The molecular weight excluding hydrogens is 444 g/mol. The number of unbranched alkanes of at least 4 members (excludes halogenated alkanes) is 3. The Kier molecular flexibility index (Phi) is 27.7. The molecule has 12 nitrogen and oxygen atoms in total. The van der Waals surface area contributed by atoms with Gasteiger partial charge in [-0.05, 0) is 45.2 Å². The van der Waals surface area contributed by atoms with E-state index >= 15 is 0 Å². The molecule has 0 unspecified atom stereocenters. The van der Waals surface area contributed by atoms with Crippen LogP contribution in [0.1, 0.15) is 51.9 Å². The second-order valence-corrected chi connectivity index (χ2v) is 7.53. The minimum atomic E-state index is -0.546. The van der Waals surface area contributed by atoms with E-state index in [0.29, 0.717) is 78.7 Å².